The van der Waals surface area contributed by atoms with Crippen molar-refractivity contribution in [3.63, 3.8) is 0 Å². The van der Waals surface area contributed by atoms with Crippen LogP contribution in [0, 0.1) is 5.82 Å². The summed E-state index contributed by atoms with van der Waals surface area (Å²) >= 11 is 0. The van der Waals surface area contributed by atoms with E-state index in [9.17, 15) is 17.6 Å². The van der Waals surface area contributed by atoms with Crippen LogP contribution < -0.4 is 14.4 Å². The Morgan fingerprint density at radius 2 is 1.82 bits per heavy atom. The Balaban J connectivity index is 2.15. The highest BCUT2D eigenvalue weighted by Gasteiger charge is 2.30. The molecule has 0 spiro atoms. The predicted octanol–water partition coefficient (Wildman–Crippen LogP) is 3.08. The number of nitrogens with zero attached hydrogens (tertiary/aromatic N) is 1. The van der Waals surface area contributed by atoms with Crippen molar-refractivity contribution in [3.05, 3.63) is 59.9 Å². The van der Waals surface area contributed by atoms with E-state index in [1.54, 1.807) is 6.07 Å². The molecule has 6 nitrogen and oxygen atoms in total. The highest BCUT2D eigenvalue weighted by Crippen LogP contribution is 2.24. The molecule has 0 aliphatic carbocycles. The molecule has 1 amide bonds. The molecule has 8 heteroatoms. The smallest absolute Gasteiger partial charge is 0.243 e. The van der Waals surface area contributed by atoms with Crippen LogP contribution in [0.15, 0.2) is 48.5 Å². The molecule has 0 fully saturated rings. The van der Waals surface area contributed by atoms with Crippen molar-refractivity contribution in [2.75, 3.05) is 10.6 Å². The Bertz CT molecular complexity index is 931. The maximum Gasteiger partial charge on any atom is 0.243 e. The van der Waals surface area contributed by atoms with Crippen molar-refractivity contribution in [2.24, 2.45) is 0 Å². The lowest BCUT2D eigenvalue weighted by Gasteiger charge is -2.28. The summed E-state index contributed by atoms with van der Waals surface area (Å²) in [5, 5.41) is 2.70. The fourth-order valence-corrected chi connectivity index (χ4v) is 3.92. The first-order chi connectivity index (χ1) is 13.1. The van der Waals surface area contributed by atoms with E-state index in [4.69, 9.17) is 4.74 Å². The van der Waals surface area contributed by atoms with E-state index in [1.807, 2.05) is 32.0 Å². The molecule has 0 saturated heterocycles. The van der Waals surface area contributed by atoms with E-state index in [0.717, 1.165) is 22.2 Å². The standard InChI is InChI=1S/C20H25FN2O4S/c1-14(2)27-17-9-7-8-16(12-17)13-22-20(24)15(3)23(28(4,25)26)19-11-6-5-10-18(19)21/h5-12,14-15H,13H2,1-4H3,(H,22,24)/t15-/m1/s1. The van der Waals surface area contributed by atoms with Crippen LogP contribution in [0.5, 0.6) is 5.75 Å². The Morgan fingerprint density at radius 3 is 2.43 bits per heavy atom. The minimum Gasteiger partial charge on any atom is -0.491 e. The van der Waals surface area contributed by atoms with Crippen LogP contribution in [-0.2, 0) is 21.4 Å². The van der Waals surface area contributed by atoms with Gasteiger partial charge in [-0.25, -0.2) is 12.8 Å². The predicted molar refractivity (Wildman–Crippen MR) is 107 cm³/mol. The molecule has 0 bridgehead atoms. The van der Waals surface area contributed by atoms with Gasteiger partial charge >= 0.3 is 0 Å². The number of rotatable bonds is 8. The normalized spacial score (nSPS) is 12.5. The minimum atomic E-state index is -3.88. The van der Waals surface area contributed by atoms with Gasteiger partial charge in [0.25, 0.3) is 0 Å². The summed E-state index contributed by atoms with van der Waals surface area (Å²) in [5.74, 6) is -0.575. The molecule has 0 heterocycles. The number of hydrogen-bond donors (Lipinski definition) is 1. The molecule has 0 aliphatic rings. The topological polar surface area (TPSA) is 75.7 Å². The van der Waals surface area contributed by atoms with Gasteiger partial charge in [0.1, 0.15) is 17.6 Å². The van der Waals surface area contributed by atoms with Crippen molar-refractivity contribution in [3.8, 4) is 5.75 Å². The van der Waals surface area contributed by atoms with E-state index < -0.39 is 27.8 Å². The summed E-state index contributed by atoms with van der Waals surface area (Å²) in [5.41, 5.74) is 0.635. The number of carbonyl (C=O) groups is 1. The monoisotopic (exact) mass is 408 g/mol. The zero-order valence-corrected chi connectivity index (χ0v) is 17.2. The first-order valence-corrected chi connectivity index (χ1v) is 10.7. The summed E-state index contributed by atoms with van der Waals surface area (Å²) in [6, 6.07) is 11.6. The Hall–Kier alpha value is -2.61. The zero-order chi connectivity index (χ0) is 20.9. The van der Waals surface area contributed by atoms with Crippen LogP contribution in [0.1, 0.15) is 26.3 Å². The molecule has 1 atom stereocenters. The number of para-hydroxylation sites is 1. The third-order valence-corrected chi connectivity index (χ3v) is 5.14. The third-order valence-electron chi connectivity index (χ3n) is 3.92. The second-order valence-electron chi connectivity index (χ2n) is 6.72. The van der Waals surface area contributed by atoms with Gasteiger partial charge in [-0.3, -0.25) is 9.10 Å². The van der Waals surface area contributed by atoms with Crippen LogP contribution in [0.4, 0.5) is 10.1 Å². The quantitative estimate of drug-likeness (QED) is 0.728. The number of ether oxygens (including phenoxy) is 1. The molecule has 2 aromatic carbocycles. The number of nitrogens with one attached hydrogen (secondary N) is 1. The number of carbonyl (C=O) groups excluding carboxylic acids is 1. The SMILES string of the molecule is CC(C)Oc1cccc(CNC(=O)[C@@H](C)N(c2ccccc2F)S(C)(=O)=O)c1. The lowest BCUT2D eigenvalue weighted by atomic mass is 10.2. The molecule has 152 valence electrons. The van der Waals surface area contributed by atoms with E-state index in [-0.39, 0.29) is 18.3 Å². The molecule has 0 unspecified atom stereocenters. The van der Waals surface area contributed by atoms with Crippen molar-refractivity contribution in [1.29, 1.82) is 0 Å². The van der Waals surface area contributed by atoms with Gasteiger partial charge in [-0.2, -0.15) is 0 Å². The van der Waals surface area contributed by atoms with Crippen LogP contribution in [0.25, 0.3) is 0 Å². The number of anilines is 1. The summed E-state index contributed by atoms with van der Waals surface area (Å²) in [6.07, 6.45) is 0.963. The molecule has 0 saturated carbocycles. The van der Waals surface area contributed by atoms with Gasteiger partial charge in [-0.05, 0) is 50.6 Å². The number of amides is 1. The molecule has 28 heavy (non-hydrogen) atoms. The molecule has 0 radical (unpaired) electrons. The van der Waals surface area contributed by atoms with Gasteiger partial charge in [0, 0.05) is 6.54 Å². The molecular weight excluding hydrogens is 383 g/mol. The van der Waals surface area contributed by atoms with Gasteiger partial charge in [0.2, 0.25) is 15.9 Å². The summed E-state index contributed by atoms with van der Waals surface area (Å²) in [4.78, 5) is 12.6. The zero-order valence-electron chi connectivity index (χ0n) is 16.3. The van der Waals surface area contributed by atoms with Crippen LogP contribution in [0.3, 0.4) is 0 Å². The lowest BCUT2D eigenvalue weighted by molar-refractivity contribution is -0.122. The van der Waals surface area contributed by atoms with Crippen molar-refractivity contribution >= 4 is 21.6 Å². The summed E-state index contributed by atoms with van der Waals surface area (Å²) in [6.45, 7) is 5.44. The van der Waals surface area contributed by atoms with Crippen molar-refractivity contribution in [2.45, 2.75) is 39.5 Å². The van der Waals surface area contributed by atoms with Gasteiger partial charge in [-0.1, -0.05) is 24.3 Å². The molecule has 0 aromatic heterocycles. The maximum absolute atomic E-state index is 14.1. The van der Waals surface area contributed by atoms with E-state index in [1.165, 1.54) is 25.1 Å². The van der Waals surface area contributed by atoms with Crippen molar-refractivity contribution < 1.29 is 22.3 Å². The average Bonchev–Trinajstić information content (AvgIpc) is 2.60. The molecule has 1 N–H and O–H groups in total. The number of hydrogen-bond acceptors (Lipinski definition) is 4. The van der Waals surface area contributed by atoms with Gasteiger partial charge in [0.05, 0.1) is 18.0 Å². The lowest BCUT2D eigenvalue weighted by Crippen LogP contribution is -2.48. The van der Waals surface area contributed by atoms with Gasteiger partial charge in [-0.15, -0.1) is 0 Å². The van der Waals surface area contributed by atoms with Crippen LogP contribution in [-0.4, -0.2) is 32.7 Å². The highest BCUT2D eigenvalue weighted by molar-refractivity contribution is 7.92. The van der Waals surface area contributed by atoms with Crippen molar-refractivity contribution in [1.82, 2.24) is 5.32 Å². The van der Waals surface area contributed by atoms with Gasteiger partial charge in [0.15, 0.2) is 0 Å². The molecule has 0 aliphatic heterocycles. The van der Waals surface area contributed by atoms with Gasteiger partial charge < -0.3 is 10.1 Å². The van der Waals surface area contributed by atoms with Crippen LogP contribution in [0.2, 0.25) is 0 Å². The minimum absolute atomic E-state index is 0.0222. The largest absolute Gasteiger partial charge is 0.491 e. The van der Waals surface area contributed by atoms with E-state index in [2.05, 4.69) is 5.32 Å². The second-order valence-corrected chi connectivity index (χ2v) is 8.58. The average molecular weight is 408 g/mol. The first-order valence-electron chi connectivity index (χ1n) is 8.87. The fourth-order valence-electron chi connectivity index (χ4n) is 2.75. The molecule has 2 aromatic rings. The number of benzene rings is 2. The summed E-state index contributed by atoms with van der Waals surface area (Å²) in [7, 11) is -3.88. The number of halogens is 1. The summed E-state index contributed by atoms with van der Waals surface area (Å²) < 4.78 is 45.0. The Labute approximate surface area is 165 Å². The van der Waals surface area contributed by atoms with E-state index in [0.29, 0.717) is 5.75 Å². The van der Waals surface area contributed by atoms with E-state index >= 15 is 0 Å². The maximum atomic E-state index is 14.1. The third kappa shape index (κ3) is 5.69. The molecule has 2 rings (SSSR count). The Kier molecular flexibility index (Phi) is 7.01. The first kappa shape index (κ1) is 21.7. The Morgan fingerprint density at radius 1 is 1.14 bits per heavy atom. The fraction of sp³-hybridized carbons (Fsp3) is 0.350. The molecular formula is C20H25FN2O4S. The second kappa shape index (κ2) is 9.05. The highest BCUT2D eigenvalue weighted by atomic mass is 32.2. The van der Waals surface area contributed by atoms with Crippen LogP contribution >= 0.6 is 0 Å². The number of sulfonamides is 1.